The highest BCUT2D eigenvalue weighted by molar-refractivity contribution is 5.89. The van der Waals surface area contributed by atoms with Gasteiger partial charge in [0, 0.05) is 11.3 Å². The van der Waals surface area contributed by atoms with Crippen molar-refractivity contribution in [1.29, 1.82) is 0 Å². The van der Waals surface area contributed by atoms with Gasteiger partial charge in [-0.05, 0) is 31.5 Å². The number of benzene rings is 2. The van der Waals surface area contributed by atoms with Crippen LogP contribution in [-0.4, -0.2) is 5.91 Å². The Labute approximate surface area is 121 Å². The van der Waals surface area contributed by atoms with Gasteiger partial charge in [0.05, 0.1) is 0 Å². The van der Waals surface area contributed by atoms with Crippen molar-refractivity contribution in [1.82, 2.24) is 0 Å². The van der Waals surface area contributed by atoms with Crippen molar-refractivity contribution in [3.05, 3.63) is 65.2 Å². The number of primary amides is 1. The van der Waals surface area contributed by atoms with Gasteiger partial charge in [0.25, 0.3) is 0 Å². The van der Waals surface area contributed by atoms with Gasteiger partial charge in [-0.15, -0.1) is 0 Å². The summed E-state index contributed by atoms with van der Waals surface area (Å²) in [6.07, 6.45) is 0. The van der Waals surface area contributed by atoms with Crippen LogP contribution in [0.5, 0.6) is 0 Å². The smallest absolute Gasteiger partial charge is 0.247 e. The maximum Gasteiger partial charge on any atom is 0.247 e. The number of rotatable bonds is 4. The van der Waals surface area contributed by atoms with Gasteiger partial charge in [-0.25, -0.2) is 8.78 Å². The molecule has 0 heterocycles. The molecule has 2 aromatic carbocycles. The van der Waals surface area contributed by atoms with Gasteiger partial charge in [0.1, 0.15) is 5.54 Å². The standard InChI is InChI=1S/C16H16F2N2O/c1-10-6-3-4-9-13(10)20-16(2,15(19)21)11-7-5-8-12(17)14(11)18/h3-9,20H,1-2H3,(H2,19,21). The summed E-state index contributed by atoms with van der Waals surface area (Å²) >= 11 is 0. The summed E-state index contributed by atoms with van der Waals surface area (Å²) in [5.74, 6) is -2.90. The minimum absolute atomic E-state index is 0.127. The van der Waals surface area contributed by atoms with E-state index in [1.807, 2.05) is 19.1 Å². The number of hydrogen-bond donors (Lipinski definition) is 2. The highest BCUT2D eigenvalue weighted by Crippen LogP contribution is 2.30. The Hall–Kier alpha value is -2.43. The molecular weight excluding hydrogens is 274 g/mol. The minimum Gasteiger partial charge on any atom is -0.368 e. The van der Waals surface area contributed by atoms with Crippen LogP contribution < -0.4 is 11.1 Å². The topological polar surface area (TPSA) is 55.1 Å². The molecule has 0 aliphatic rings. The first kappa shape index (κ1) is 15.0. The van der Waals surface area contributed by atoms with E-state index in [2.05, 4.69) is 5.32 Å². The molecule has 110 valence electrons. The van der Waals surface area contributed by atoms with Gasteiger partial charge in [-0.1, -0.05) is 30.3 Å². The Balaban J connectivity index is 2.54. The molecule has 3 nitrogen and oxygen atoms in total. The van der Waals surface area contributed by atoms with Gasteiger partial charge in [0.2, 0.25) is 5.91 Å². The molecule has 1 unspecified atom stereocenters. The number of halogens is 2. The summed E-state index contributed by atoms with van der Waals surface area (Å²) in [5, 5.41) is 2.93. The first-order chi connectivity index (χ1) is 9.86. The zero-order chi connectivity index (χ0) is 15.6. The maximum absolute atomic E-state index is 14.0. The number of amides is 1. The molecule has 0 aliphatic carbocycles. The molecule has 2 rings (SSSR count). The lowest BCUT2D eigenvalue weighted by Gasteiger charge is -2.30. The van der Waals surface area contributed by atoms with Crippen LogP contribution in [0, 0.1) is 18.6 Å². The van der Waals surface area contributed by atoms with Gasteiger partial charge >= 0.3 is 0 Å². The van der Waals surface area contributed by atoms with Crippen LogP contribution in [0.4, 0.5) is 14.5 Å². The lowest BCUT2D eigenvalue weighted by atomic mass is 9.89. The van der Waals surface area contributed by atoms with Crippen molar-refractivity contribution < 1.29 is 13.6 Å². The number of hydrogen-bond acceptors (Lipinski definition) is 2. The van der Waals surface area contributed by atoms with E-state index in [1.54, 1.807) is 12.1 Å². The molecule has 0 saturated heterocycles. The molecule has 0 radical (unpaired) electrons. The molecule has 1 atom stereocenters. The van der Waals surface area contributed by atoms with E-state index in [-0.39, 0.29) is 5.56 Å². The first-order valence-electron chi connectivity index (χ1n) is 6.44. The third-order valence-electron chi connectivity index (χ3n) is 3.51. The Morgan fingerprint density at radius 3 is 2.43 bits per heavy atom. The SMILES string of the molecule is Cc1ccccc1NC(C)(C(N)=O)c1cccc(F)c1F. The highest BCUT2D eigenvalue weighted by Gasteiger charge is 2.36. The van der Waals surface area contributed by atoms with Gasteiger partial charge in [-0.3, -0.25) is 4.79 Å². The number of anilines is 1. The lowest BCUT2D eigenvalue weighted by Crippen LogP contribution is -2.46. The number of nitrogens with one attached hydrogen (secondary N) is 1. The number of carbonyl (C=O) groups is 1. The molecule has 0 bridgehead atoms. The van der Waals surface area contributed by atoms with E-state index in [0.29, 0.717) is 5.69 Å². The molecule has 3 N–H and O–H groups in total. The Bertz CT molecular complexity index is 688. The summed E-state index contributed by atoms with van der Waals surface area (Å²) in [6.45, 7) is 3.27. The van der Waals surface area contributed by atoms with Crippen molar-refractivity contribution >= 4 is 11.6 Å². The van der Waals surface area contributed by atoms with Crippen LogP contribution in [0.1, 0.15) is 18.1 Å². The summed E-state index contributed by atoms with van der Waals surface area (Å²) < 4.78 is 27.5. The van der Waals surface area contributed by atoms with Crippen LogP contribution in [-0.2, 0) is 10.3 Å². The van der Waals surface area contributed by atoms with Gasteiger partial charge < -0.3 is 11.1 Å². The second kappa shape index (κ2) is 5.52. The van der Waals surface area contributed by atoms with Crippen molar-refractivity contribution in [2.75, 3.05) is 5.32 Å². The third kappa shape index (κ3) is 2.72. The molecule has 1 amide bonds. The molecular formula is C16H16F2N2O. The Kier molecular flexibility index (Phi) is 3.93. The van der Waals surface area contributed by atoms with Crippen LogP contribution in [0.25, 0.3) is 0 Å². The molecule has 0 aromatic heterocycles. The fraction of sp³-hybridized carbons (Fsp3) is 0.188. The van der Waals surface area contributed by atoms with Gasteiger partial charge in [0.15, 0.2) is 11.6 Å². The monoisotopic (exact) mass is 290 g/mol. The van der Waals surface area contributed by atoms with Crippen LogP contribution >= 0.6 is 0 Å². The number of aryl methyl sites for hydroxylation is 1. The summed E-state index contributed by atoms with van der Waals surface area (Å²) in [7, 11) is 0. The number of carbonyl (C=O) groups excluding carboxylic acids is 1. The highest BCUT2D eigenvalue weighted by atomic mass is 19.2. The van der Waals surface area contributed by atoms with Crippen LogP contribution in [0.15, 0.2) is 42.5 Å². The predicted octanol–water partition coefficient (Wildman–Crippen LogP) is 3.09. The molecule has 5 heteroatoms. The Morgan fingerprint density at radius 2 is 1.81 bits per heavy atom. The second-order valence-corrected chi connectivity index (χ2v) is 5.03. The minimum atomic E-state index is -1.56. The zero-order valence-corrected chi connectivity index (χ0v) is 11.8. The summed E-state index contributed by atoms with van der Waals surface area (Å²) in [6, 6.07) is 10.9. The number of para-hydroxylation sites is 1. The van der Waals surface area contributed by atoms with E-state index in [0.717, 1.165) is 11.6 Å². The van der Waals surface area contributed by atoms with Crippen molar-refractivity contribution in [2.24, 2.45) is 5.73 Å². The Morgan fingerprint density at radius 1 is 1.14 bits per heavy atom. The summed E-state index contributed by atoms with van der Waals surface area (Å²) in [4.78, 5) is 11.9. The molecule has 0 aliphatic heterocycles. The van der Waals surface area contributed by atoms with Crippen LogP contribution in [0.3, 0.4) is 0 Å². The second-order valence-electron chi connectivity index (χ2n) is 5.03. The largest absolute Gasteiger partial charge is 0.368 e. The van der Waals surface area contributed by atoms with Crippen molar-refractivity contribution in [3.63, 3.8) is 0 Å². The zero-order valence-electron chi connectivity index (χ0n) is 11.8. The fourth-order valence-electron chi connectivity index (χ4n) is 2.13. The van der Waals surface area contributed by atoms with E-state index >= 15 is 0 Å². The van der Waals surface area contributed by atoms with Gasteiger partial charge in [-0.2, -0.15) is 0 Å². The van der Waals surface area contributed by atoms with Crippen molar-refractivity contribution in [3.8, 4) is 0 Å². The van der Waals surface area contributed by atoms with Crippen molar-refractivity contribution in [2.45, 2.75) is 19.4 Å². The average Bonchev–Trinajstić information content (AvgIpc) is 2.44. The first-order valence-corrected chi connectivity index (χ1v) is 6.44. The van der Waals surface area contributed by atoms with E-state index in [1.165, 1.54) is 19.1 Å². The molecule has 21 heavy (non-hydrogen) atoms. The molecule has 2 aromatic rings. The molecule has 0 spiro atoms. The van der Waals surface area contributed by atoms with Crippen LogP contribution in [0.2, 0.25) is 0 Å². The van der Waals surface area contributed by atoms with E-state index in [9.17, 15) is 13.6 Å². The predicted molar refractivity (Wildman–Crippen MR) is 77.7 cm³/mol. The van der Waals surface area contributed by atoms with E-state index in [4.69, 9.17) is 5.73 Å². The normalized spacial score (nSPS) is 13.5. The lowest BCUT2D eigenvalue weighted by molar-refractivity contribution is -0.122. The quantitative estimate of drug-likeness (QED) is 0.909. The fourth-order valence-corrected chi connectivity index (χ4v) is 2.13. The average molecular weight is 290 g/mol. The molecule has 0 fully saturated rings. The number of nitrogens with two attached hydrogens (primary N) is 1. The maximum atomic E-state index is 14.0. The summed E-state index contributed by atoms with van der Waals surface area (Å²) in [5.41, 5.74) is 5.24. The molecule has 0 saturated carbocycles. The third-order valence-corrected chi connectivity index (χ3v) is 3.51. The van der Waals surface area contributed by atoms with E-state index < -0.39 is 23.1 Å².